The van der Waals surface area contributed by atoms with Gasteiger partial charge < -0.3 is 5.11 Å². The van der Waals surface area contributed by atoms with Crippen molar-refractivity contribution in [3.8, 4) is 0 Å². The highest BCUT2D eigenvalue weighted by Gasteiger charge is 2.32. The summed E-state index contributed by atoms with van der Waals surface area (Å²) >= 11 is 1.69. The number of benzene rings is 1. The molecule has 0 spiro atoms. The number of carbonyl (C=O) groups is 1. The summed E-state index contributed by atoms with van der Waals surface area (Å²) in [6.45, 7) is 2.13. The topological polar surface area (TPSA) is 49.3 Å². The number of carboxylic acids is 1. The van der Waals surface area contributed by atoms with Crippen LogP contribution in [-0.2, 0) is 4.79 Å². The molecule has 3 nitrogen and oxygen atoms in total. The largest absolute Gasteiger partial charge is 0.480 e. The van der Waals surface area contributed by atoms with Crippen molar-refractivity contribution in [1.29, 1.82) is 0 Å². The van der Waals surface area contributed by atoms with E-state index in [1.807, 2.05) is 18.2 Å². The highest BCUT2D eigenvalue weighted by molar-refractivity contribution is 8.00. The fourth-order valence-electron chi connectivity index (χ4n) is 1.86. The van der Waals surface area contributed by atoms with E-state index in [2.05, 4.69) is 24.4 Å². The first-order chi connectivity index (χ1) is 7.68. The highest BCUT2D eigenvalue weighted by atomic mass is 32.2. The molecule has 1 aliphatic rings. The summed E-state index contributed by atoms with van der Waals surface area (Å²) in [7, 11) is 0. The Balaban J connectivity index is 2.02. The van der Waals surface area contributed by atoms with Crippen LogP contribution >= 0.6 is 11.8 Å². The van der Waals surface area contributed by atoms with Crippen LogP contribution in [0.5, 0.6) is 0 Å². The fourth-order valence-corrected chi connectivity index (χ4v) is 3.20. The molecular formula is C12H15NO2S. The van der Waals surface area contributed by atoms with E-state index in [1.165, 1.54) is 5.56 Å². The van der Waals surface area contributed by atoms with Crippen molar-refractivity contribution in [1.82, 2.24) is 5.32 Å². The molecule has 0 unspecified atom stereocenters. The SMILES string of the molecule is C[C@@H](c1ccccc1)[C@@H]1N[C@@H](C(=O)O)CS1. The van der Waals surface area contributed by atoms with Gasteiger partial charge in [0.25, 0.3) is 0 Å². The van der Waals surface area contributed by atoms with Crippen molar-refractivity contribution >= 4 is 17.7 Å². The van der Waals surface area contributed by atoms with Crippen LogP contribution in [0.3, 0.4) is 0 Å². The molecule has 2 N–H and O–H groups in total. The third kappa shape index (κ3) is 2.39. The molecule has 2 rings (SSSR count). The molecule has 0 amide bonds. The summed E-state index contributed by atoms with van der Waals surface area (Å²) in [4.78, 5) is 10.8. The Bertz CT molecular complexity index is 369. The lowest BCUT2D eigenvalue weighted by Gasteiger charge is -2.19. The van der Waals surface area contributed by atoms with Gasteiger partial charge in [-0.05, 0) is 5.56 Å². The normalized spacial score (nSPS) is 26.6. The first-order valence-corrected chi connectivity index (χ1v) is 6.39. The lowest BCUT2D eigenvalue weighted by Crippen LogP contribution is -2.38. The number of hydrogen-bond donors (Lipinski definition) is 2. The summed E-state index contributed by atoms with van der Waals surface area (Å²) < 4.78 is 0. The highest BCUT2D eigenvalue weighted by Crippen LogP contribution is 2.31. The molecule has 0 aliphatic carbocycles. The smallest absolute Gasteiger partial charge is 0.321 e. The van der Waals surface area contributed by atoms with E-state index in [9.17, 15) is 4.79 Å². The van der Waals surface area contributed by atoms with Crippen molar-refractivity contribution in [3.63, 3.8) is 0 Å². The molecule has 1 aromatic carbocycles. The number of aliphatic carboxylic acids is 1. The molecule has 1 aliphatic heterocycles. The molecule has 1 aromatic rings. The molecular weight excluding hydrogens is 222 g/mol. The van der Waals surface area contributed by atoms with Gasteiger partial charge in [0.15, 0.2) is 0 Å². The molecule has 4 heteroatoms. The van der Waals surface area contributed by atoms with Crippen LogP contribution in [0.1, 0.15) is 18.4 Å². The summed E-state index contributed by atoms with van der Waals surface area (Å²) in [6, 6.07) is 9.79. The zero-order valence-electron chi connectivity index (χ0n) is 9.09. The minimum absolute atomic E-state index is 0.198. The van der Waals surface area contributed by atoms with Crippen molar-refractivity contribution in [3.05, 3.63) is 35.9 Å². The summed E-state index contributed by atoms with van der Waals surface area (Å²) in [6.07, 6.45) is 0. The quantitative estimate of drug-likeness (QED) is 0.843. The zero-order valence-corrected chi connectivity index (χ0v) is 9.91. The van der Waals surface area contributed by atoms with E-state index in [4.69, 9.17) is 5.11 Å². The van der Waals surface area contributed by atoms with E-state index >= 15 is 0 Å². The average molecular weight is 237 g/mol. The Hall–Kier alpha value is -1.00. The van der Waals surface area contributed by atoms with Crippen LogP contribution in [0.15, 0.2) is 30.3 Å². The Morgan fingerprint density at radius 3 is 2.75 bits per heavy atom. The average Bonchev–Trinajstić information content (AvgIpc) is 2.78. The van der Waals surface area contributed by atoms with Crippen molar-refractivity contribution in [2.75, 3.05) is 5.75 Å². The van der Waals surface area contributed by atoms with E-state index in [-0.39, 0.29) is 5.37 Å². The molecule has 1 heterocycles. The minimum Gasteiger partial charge on any atom is -0.480 e. The van der Waals surface area contributed by atoms with Gasteiger partial charge in [-0.25, -0.2) is 0 Å². The second kappa shape index (κ2) is 4.89. The Morgan fingerprint density at radius 2 is 2.19 bits per heavy atom. The maximum Gasteiger partial charge on any atom is 0.321 e. The van der Waals surface area contributed by atoms with E-state index in [0.29, 0.717) is 11.7 Å². The maximum atomic E-state index is 10.8. The molecule has 0 bridgehead atoms. The van der Waals surface area contributed by atoms with Crippen LogP contribution < -0.4 is 5.32 Å². The van der Waals surface area contributed by atoms with E-state index < -0.39 is 12.0 Å². The Labute approximate surface area is 99.2 Å². The molecule has 1 fully saturated rings. The number of nitrogens with one attached hydrogen (secondary N) is 1. The molecule has 0 aromatic heterocycles. The maximum absolute atomic E-state index is 10.8. The third-order valence-electron chi connectivity index (χ3n) is 2.89. The van der Waals surface area contributed by atoms with Gasteiger partial charge in [0, 0.05) is 11.7 Å². The molecule has 0 radical (unpaired) electrons. The predicted octanol–water partition coefficient (Wildman–Crippen LogP) is 1.91. The summed E-state index contributed by atoms with van der Waals surface area (Å²) in [5, 5.41) is 12.3. The monoisotopic (exact) mass is 237 g/mol. The molecule has 86 valence electrons. The molecule has 0 saturated carbocycles. The van der Waals surface area contributed by atoms with Gasteiger partial charge in [-0.2, -0.15) is 0 Å². The van der Waals surface area contributed by atoms with Gasteiger partial charge >= 0.3 is 5.97 Å². The molecule has 1 saturated heterocycles. The number of hydrogen-bond acceptors (Lipinski definition) is 3. The van der Waals surface area contributed by atoms with E-state index in [0.717, 1.165) is 0 Å². The molecule has 3 atom stereocenters. The lowest BCUT2D eigenvalue weighted by molar-refractivity contribution is -0.138. The first kappa shape index (κ1) is 11.5. The minimum atomic E-state index is -0.754. The van der Waals surface area contributed by atoms with E-state index in [1.54, 1.807) is 11.8 Å². The predicted molar refractivity (Wildman–Crippen MR) is 65.7 cm³/mol. The van der Waals surface area contributed by atoms with Crippen molar-refractivity contribution < 1.29 is 9.90 Å². The van der Waals surface area contributed by atoms with Gasteiger partial charge in [0.05, 0.1) is 5.37 Å². The van der Waals surface area contributed by atoms with Gasteiger partial charge in [-0.15, -0.1) is 11.8 Å². The molecule has 16 heavy (non-hydrogen) atoms. The van der Waals surface area contributed by atoms with Gasteiger partial charge in [0.2, 0.25) is 0 Å². The number of carboxylic acid groups (broad SMARTS) is 1. The van der Waals surface area contributed by atoms with Crippen LogP contribution in [-0.4, -0.2) is 28.2 Å². The van der Waals surface area contributed by atoms with Crippen molar-refractivity contribution in [2.45, 2.75) is 24.3 Å². The van der Waals surface area contributed by atoms with Gasteiger partial charge in [-0.1, -0.05) is 37.3 Å². The first-order valence-electron chi connectivity index (χ1n) is 5.34. The van der Waals surface area contributed by atoms with Crippen LogP contribution in [0.4, 0.5) is 0 Å². The van der Waals surface area contributed by atoms with Crippen LogP contribution in [0, 0.1) is 0 Å². The second-order valence-corrected chi connectivity index (χ2v) is 5.19. The van der Waals surface area contributed by atoms with Gasteiger partial charge in [0.1, 0.15) is 6.04 Å². The number of rotatable bonds is 3. The van der Waals surface area contributed by atoms with Crippen LogP contribution in [0.25, 0.3) is 0 Å². The summed E-state index contributed by atoms with van der Waals surface area (Å²) in [5.74, 6) is 0.225. The third-order valence-corrected chi connectivity index (χ3v) is 4.31. The fraction of sp³-hybridized carbons (Fsp3) is 0.417. The lowest BCUT2D eigenvalue weighted by atomic mass is 10.0. The Kier molecular flexibility index (Phi) is 3.51. The Morgan fingerprint density at radius 1 is 1.50 bits per heavy atom. The van der Waals surface area contributed by atoms with Crippen LogP contribution in [0.2, 0.25) is 0 Å². The standard InChI is InChI=1S/C12H15NO2S/c1-8(9-5-3-2-4-6-9)11-13-10(7-16-11)12(14)15/h2-6,8,10-11,13H,7H2,1H3,(H,14,15)/t8-,10+,11+/m0/s1. The summed E-state index contributed by atoms with van der Waals surface area (Å²) in [5.41, 5.74) is 1.25. The van der Waals surface area contributed by atoms with Crippen molar-refractivity contribution in [2.24, 2.45) is 0 Å². The number of thioether (sulfide) groups is 1. The zero-order chi connectivity index (χ0) is 11.5. The second-order valence-electron chi connectivity index (χ2n) is 4.01. The van der Waals surface area contributed by atoms with Gasteiger partial charge in [-0.3, -0.25) is 10.1 Å².